The quantitative estimate of drug-likeness (QED) is 0.574. The first-order valence-electron chi connectivity index (χ1n) is 11.0. The van der Waals surface area contributed by atoms with E-state index in [1.165, 1.54) is 4.90 Å². The van der Waals surface area contributed by atoms with Gasteiger partial charge in [0.15, 0.2) is 5.69 Å². The summed E-state index contributed by atoms with van der Waals surface area (Å²) in [5.41, 5.74) is 2.71. The number of hydrogen-bond acceptors (Lipinski definition) is 6. The van der Waals surface area contributed by atoms with Crippen LogP contribution < -0.4 is 10.2 Å². The van der Waals surface area contributed by atoms with Crippen molar-refractivity contribution < 1.29 is 9.59 Å². The summed E-state index contributed by atoms with van der Waals surface area (Å²) in [5.74, 6) is -0.204. The second-order valence-corrected chi connectivity index (χ2v) is 8.99. The van der Waals surface area contributed by atoms with Crippen molar-refractivity contribution in [3.05, 3.63) is 71.0 Å². The number of amides is 2. The van der Waals surface area contributed by atoms with Crippen LogP contribution in [0.15, 0.2) is 54.2 Å². The number of nitrogens with zero attached hydrogens (tertiary/aromatic N) is 4. The van der Waals surface area contributed by atoms with E-state index in [9.17, 15) is 9.59 Å². The van der Waals surface area contributed by atoms with E-state index in [0.29, 0.717) is 17.2 Å². The van der Waals surface area contributed by atoms with E-state index in [1.54, 1.807) is 29.9 Å². The Hall–Kier alpha value is -3.13. The maximum Gasteiger partial charge on any atom is 0.280 e. The van der Waals surface area contributed by atoms with E-state index in [4.69, 9.17) is 0 Å². The maximum absolute atomic E-state index is 13.6. The van der Waals surface area contributed by atoms with E-state index in [-0.39, 0.29) is 23.6 Å². The number of carbonyl (C=O) groups excluding carboxylic acids is 2. The van der Waals surface area contributed by atoms with Crippen molar-refractivity contribution in [3.8, 4) is 0 Å². The summed E-state index contributed by atoms with van der Waals surface area (Å²) in [6.45, 7) is 4.24. The third-order valence-electron chi connectivity index (χ3n) is 5.87. The molecule has 1 atom stereocenters. The molecule has 7 nitrogen and oxygen atoms in total. The van der Waals surface area contributed by atoms with Crippen molar-refractivity contribution in [1.29, 1.82) is 0 Å². The van der Waals surface area contributed by atoms with Crippen molar-refractivity contribution in [2.75, 3.05) is 4.90 Å². The molecule has 2 aromatic heterocycles. The highest BCUT2D eigenvalue weighted by Gasteiger charge is 2.35. The van der Waals surface area contributed by atoms with Gasteiger partial charge < -0.3 is 5.32 Å². The van der Waals surface area contributed by atoms with Crippen LogP contribution in [0.5, 0.6) is 0 Å². The number of rotatable bonds is 7. The number of carbonyl (C=O) groups is 2. The molecule has 8 heteroatoms. The summed E-state index contributed by atoms with van der Waals surface area (Å²) < 4.78 is 3.85. The fraction of sp³-hybridized carbons (Fsp3) is 0.375. The molecule has 0 saturated heterocycles. The minimum absolute atomic E-state index is 0.132. The lowest BCUT2D eigenvalue weighted by molar-refractivity contribution is -0.123. The zero-order chi connectivity index (χ0) is 22.5. The first-order valence-corrected chi connectivity index (χ1v) is 11.8. The Morgan fingerprint density at radius 2 is 1.72 bits per heavy atom. The summed E-state index contributed by atoms with van der Waals surface area (Å²) in [6.07, 6.45) is 7.41. The minimum atomic E-state index is -0.849. The third-order valence-corrected chi connectivity index (χ3v) is 6.37. The van der Waals surface area contributed by atoms with Crippen LogP contribution in [0.25, 0.3) is 0 Å². The van der Waals surface area contributed by atoms with Crippen LogP contribution in [-0.4, -0.2) is 32.4 Å². The fourth-order valence-electron chi connectivity index (χ4n) is 4.10. The van der Waals surface area contributed by atoms with Crippen LogP contribution in [0.2, 0.25) is 0 Å². The summed E-state index contributed by atoms with van der Waals surface area (Å²) in [6, 6.07) is 10.6. The number of hydrogen-bond donors (Lipinski definition) is 1. The number of aromatic nitrogens is 3. The Labute approximate surface area is 192 Å². The molecule has 1 aliphatic rings. The number of benzene rings is 1. The summed E-state index contributed by atoms with van der Waals surface area (Å²) in [5, 5.41) is 8.76. The van der Waals surface area contributed by atoms with Crippen LogP contribution in [0.1, 0.15) is 73.1 Å². The van der Waals surface area contributed by atoms with Crippen LogP contribution >= 0.6 is 11.5 Å². The van der Waals surface area contributed by atoms with Crippen molar-refractivity contribution in [2.45, 2.75) is 57.5 Å². The second-order valence-electron chi connectivity index (χ2n) is 8.38. The lowest BCUT2D eigenvalue weighted by Crippen LogP contribution is -2.46. The highest BCUT2D eigenvalue weighted by atomic mass is 32.1. The van der Waals surface area contributed by atoms with Gasteiger partial charge >= 0.3 is 0 Å². The molecule has 0 radical (unpaired) electrons. The first-order chi connectivity index (χ1) is 15.5. The fourth-order valence-corrected chi connectivity index (χ4v) is 4.53. The summed E-state index contributed by atoms with van der Waals surface area (Å²) in [7, 11) is 0. The molecule has 1 N–H and O–H groups in total. The van der Waals surface area contributed by atoms with Crippen molar-refractivity contribution in [1.82, 2.24) is 19.9 Å². The van der Waals surface area contributed by atoms with Gasteiger partial charge in [-0.3, -0.25) is 19.5 Å². The van der Waals surface area contributed by atoms with Gasteiger partial charge in [-0.15, -0.1) is 5.10 Å². The molecule has 3 aromatic rings. The number of anilines is 1. The third kappa shape index (κ3) is 4.85. The van der Waals surface area contributed by atoms with Gasteiger partial charge in [0.1, 0.15) is 6.04 Å². The Morgan fingerprint density at radius 1 is 1.03 bits per heavy atom. The highest BCUT2D eigenvalue weighted by molar-refractivity contribution is 7.03. The predicted octanol–water partition coefficient (Wildman–Crippen LogP) is 4.50. The average Bonchev–Trinajstić information content (AvgIpc) is 3.52. The smallest absolute Gasteiger partial charge is 0.280 e. The molecule has 1 aliphatic carbocycles. The summed E-state index contributed by atoms with van der Waals surface area (Å²) in [4.78, 5) is 32.8. The highest BCUT2D eigenvalue weighted by Crippen LogP contribution is 2.31. The van der Waals surface area contributed by atoms with Crippen molar-refractivity contribution in [3.63, 3.8) is 0 Å². The van der Waals surface area contributed by atoms with Gasteiger partial charge in [0, 0.05) is 29.5 Å². The van der Waals surface area contributed by atoms with Gasteiger partial charge in [-0.25, -0.2) is 0 Å². The molecule has 0 spiro atoms. The van der Waals surface area contributed by atoms with Gasteiger partial charge in [-0.2, -0.15) is 0 Å². The molecule has 1 fully saturated rings. The van der Waals surface area contributed by atoms with Crippen LogP contribution in [0.3, 0.4) is 0 Å². The normalized spacial score (nSPS) is 15.0. The molecule has 1 saturated carbocycles. The van der Waals surface area contributed by atoms with Crippen molar-refractivity contribution in [2.24, 2.45) is 0 Å². The first kappa shape index (κ1) is 22.1. The van der Waals surface area contributed by atoms with E-state index in [2.05, 4.69) is 33.7 Å². The van der Waals surface area contributed by atoms with E-state index in [1.807, 2.05) is 24.3 Å². The van der Waals surface area contributed by atoms with Crippen LogP contribution in [-0.2, 0) is 4.79 Å². The lowest BCUT2D eigenvalue weighted by Gasteiger charge is -2.32. The van der Waals surface area contributed by atoms with Gasteiger partial charge in [-0.05, 0) is 65.7 Å². The average molecular weight is 450 g/mol. The second kappa shape index (κ2) is 9.99. The monoisotopic (exact) mass is 449 g/mol. The van der Waals surface area contributed by atoms with E-state index in [0.717, 1.165) is 42.8 Å². The molecule has 32 heavy (non-hydrogen) atoms. The van der Waals surface area contributed by atoms with E-state index < -0.39 is 6.04 Å². The maximum atomic E-state index is 13.6. The Balaban J connectivity index is 1.78. The topological polar surface area (TPSA) is 88.1 Å². The SMILES string of the molecule is CC(C)c1ccc(N(C(=O)c2csnn2)[C@H](C(=O)NC2CCCC2)c2ccncc2)cc1. The van der Waals surface area contributed by atoms with Gasteiger partial charge in [-0.1, -0.05) is 43.3 Å². The molecule has 0 unspecified atom stereocenters. The largest absolute Gasteiger partial charge is 0.351 e. The van der Waals surface area contributed by atoms with Crippen molar-refractivity contribution >= 4 is 29.0 Å². The molecular weight excluding hydrogens is 422 g/mol. The molecule has 2 heterocycles. The molecule has 166 valence electrons. The molecule has 4 rings (SSSR count). The predicted molar refractivity (Wildman–Crippen MR) is 125 cm³/mol. The zero-order valence-electron chi connectivity index (χ0n) is 18.3. The van der Waals surface area contributed by atoms with Gasteiger partial charge in [0.2, 0.25) is 5.91 Å². The Morgan fingerprint density at radius 3 is 2.31 bits per heavy atom. The van der Waals surface area contributed by atoms with Gasteiger partial charge in [0.05, 0.1) is 0 Å². The Kier molecular flexibility index (Phi) is 6.90. The van der Waals surface area contributed by atoms with Crippen LogP contribution in [0.4, 0.5) is 5.69 Å². The zero-order valence-corrected chi connectivity index (χ0v) is 19.1. The Bertz CT molecular complexity index is 1030. The molecular formula is C24H27N5O2S. The van der Waals surface area contributed by atoms with E-state index >= 15 is 0 Å². The van der Waals surface area contributed by atoms with Gasteiger partial charge in [0.25, 0.3) is 5.91 Å². The molecule has 0 bridgehead atoms. The molecule has 2 amide bonds. The molecule has 0 aliphatic heterocycles. The lowest BCUT2D eigenvalue weighted by atomic mass is 10.0. The molecule has 1 aromatic carbocycles. The number of pyridine rings is 1. The minimum Gasteiger partial charge on any atom is -0.351 e. The number of nitrogens with one attached hydrogen (secondary N) is 1. The summed E-state index contributed by atoms with van der Waals surface area (Å²) >= 11 is 1.11. The van der Waals surface area contributed by atoms with Crippen LogP contribution in [0, 0.1) is 0 Å². The standard InChI is InChI=1S/C24H27N5O2S/c1-16(2)17-7-9-20(10-8-17)29(24(31)21-15-32-28-27-21)22(18-11-13-25-14-12-18)23(30)26-19-5-3-4-6-19/h7-16,19,22H,3-6H2,1-2H3,(H,26,30)/t22-/m0/s1.